The van der Waals surface area contributed by atoms with Crippen molar-refractivity contribution in [2.75, 3.05) is 51.0 Å². The van der Waals surface area contributed by atoms with E-state index in [9.17, 15) is 4.79 Å². The number of halogens is 2. The number of nitrogen functional groups attached to an aromatic ring is 1. The first-order valence-electron chi connectivity index (χ1n) is 17.5. The molecular weight excluding hydrogens is 745 g/mol. The lowest BCUT2D eigenvalue weighted by atomic mass is 10.0. The quantitative estimate of drug-likeness (QED) is 0.118. The van der Waals surface area contributed by atoms with Crippen LogP contribution in [-0.2, 0) is 36.4 Å². The molecule has 1 atom stereocenters. The second kappa shape index (κ2) is 16.8. The van der Waals surface area contributed by atoms with E-state index in [0.717, 1.165) is 22.4 Å². The number of nitrogens with zero attached hydrogens (tertiary/aromatic N) is 9. The van der Waals surface area contributed by atoms with Gasteiger partial charge in [0.05, 0.1) is 25.1 Å². The summed E-state index contributed by atoms with van der Waals surface area (Å²) in [6.45, 7) is 2.17. The number of carbonyl (C=O) groups is 1. The Morgan fingerprint density at radius 3 is 2.47 bits per heavy atom. The molecule has 1 saturated heterocycles. The van der Waals surface area contributed by atoms with Gasteiger partial charge in [-0.1, -0.05) is 65.7 Å². The van der Waals surface area contributed by atoms with Crippen LogP contribution >= 0.6 is 23.2 Å². The molecule has 0 aliphatic carbocycles. The number of benzene rings is 2. The van der Waals surface area contributed by atoms with Gasteiger partial charge in [0.2, 0.25) is 11.9 Å². The minimum atomic E-state index is -0.511. The summed E-state index contributed by atoms with van der Waals surface area (Å²) < 4.78 is 20.5. The molecule has 0 spiro atoms. The van der Waals surface area contributed by atoms with Gasteiger partial charge in [0.25, 0.3) is 0 Å². The zero-order valence-electron chi connectivity index (χ0n) is 30.4. The lowest BCUT2D eigenvalue weighted by Crippen LogP contribution is -2.47. The van der Waals surface area contributed by atoms with E-state index in [1.807, 2.05) is 67.8 Å². The topological polar surface area (TPSA) is 173 Å². The van der Waals surface area contributed by atoms with Gasteiger partial charge in [-0.2, -0.15) is 10.2 Å². The van der Waals surface area contributed by atoms with Crippen LogP contribution in [0.1, 0.15) is 32.7 Å². The molecule has 1 aliphatic rings. The predicted octanol–water partition coefficient (Wildman–Crippen LogP) is 5.07. The van der Waals surface area contributed by atoms with Crippen LogP contribution in [0.5, 0.6) is 5.75 Å². The Bertz CT molecular complexity index is 2280. The Morgan fingerprint density at radius 2 is 1.69 bits per heavy atom. The molecule has 17 heteroatoms. The average Bonchev–Trinajstić information content (AvgIpc) is 3.69. The zero-order valence-corrected chi connectivity index (χ0v) is 32.0. The number of esters is 1. The minimum absolute atomic E-state index is 0.00598. The molecule has 55 heavy (non-hydrogen) atoms. The van der Waals surface area contributed by atoms with Gasteiger partial charge in [-0.25, -0.2) is 24.7 Å². The molecule has 0 amide bonds. The van der Waals surface area contributed by atoms with Crippen molar-refractivity contribution >= 4 is 41.1 Å². The van der Waals surface area contributed by atoms with Crippen molar-refractivity contribution in [3.05, 3.63) is 111 Å². The summed E-state index contributed by atoms with van der Waals surface area (Å²) in [4.78, 5) is 33.3. The summed E-state index contributed by atoms with van der Waals surface area (Å²) in [5.41, 5.74) is 12.0. The predicted molar refractivity (Wildman–Crippen MR) is 208 cm³/mol. The molecule has 15 nitrogen and oxygen atoms in total. The highest BCUT2D eigenvalue weighted by atomic mass is 35.5. The molecule has 3 N–H and O–H groups in total. The zero-order chi connectivity index (χ0) is 38.5. The van der Waals surface area contributed by atoms with Crippen LogP contribution in [0, 0.1) is 0 Å². The summed E-state index contributed by atoms with van der Waals surface area (Å²) in [5.74, 6) is 0.588. The maximum absolute atomic E-state index is 13.7. The third-order valence-electron chi connectivity index (χ3n) is 8.97. The summed E-state index contributed by atoms with van der Waals surface area (Å²) >= 11 is 12.7. The van der Waals surface area contributed by atoms with Crippen molar-refractivity contribution in [1.29, 1.82) is 0 Å². The highest BCUT2D eigenvalue weighted by Gasteiger charge is 2.27. The molecule has 0 saturated carbocycles. The summed E-state index contributed by atoms with van der Waals surface area (Å²) in [7, 11) is 5.21. The molecular formula is C38H39Cl2N11O4. The van der Waals surface area contributed by atoms with E-state index in [1.54, 1.807) is 31.0 Å². The fraction of sp³-hybridized carbons (Fsp3) is 0.289. The maximum atomic E-state index is 13.7. The molecule has 2 aromatic carbocycles. The van der Waals surface area contributed by atoms with E-state index in [4.69, 9.17) is 53.2 Å². The fourth-order valence-electron chi connectivity index (χ4n) is 6.51. The molecule has 6 aromatic rings. The number of nitrogens with one attached hydrogen (secondary N) is 1. The van der Waals surface area contributed by atoms with Gasteiger partial charge in [-0.15, -0.1) is 0 Å². The van der Waals surface area contributed by atoms with Crippen molar-refractivity contribution in [2.45, 2.75) is 19.1 Å². The summed E-state index contributed by atoms with van der Waals surface area (Å²) in [6.07, 6.45) is 2.55. The third-order valence-corrected chi connectivity index (χ3v) is 9.36. The van der Waals surface area contributed by atoms with Crippen molar-refractivity contribution in [3.63, 3.8) is 0 Å². The van der Waals surface area contributed by atoms with Gasteiger partial charge in [0, 0.05) is 76.0 Å². The van der Waals surface area contributed by atoms with Gasteiger partial charge < -0.3 is 25.3 Å². The monoisotopic (exact) mass is 783 g/mol. The Hall–Kier alpha value is -5.61. The van der Waals surface area contributed by atoms with Crippen LogP contribution in [0.25, 0.3) is 22.8 Å². The number of rotatable bonds is 13. The summed E-state index contributed by atoms with van der Waals surface area (Å²) in [5, 5.41) is 13.0. The van der Waals surface area contributed by atoms with Crippen molar-refractivity contribution < 1.29 is 19.0 Å². The normalized spacial score (nSPS) is 14.5. The Balaban J connectivity index is 1.01. The molecule has 0 bridgehead atoms. The molecule has 5 heterocycles. The van der Waals surface area contributed by atoms with Crippen molar-refractivity contribution in [1.82, 2.24) is 44.4 Å². The number of hydrogen-bond donors (Lipinski definition) is 2. The van der Waals surface area contributed by atoms with E-state index in [0.29, 0.717) is 79.1 Å². The van der Waals surface area contributed by atoms with Crippen LogP contribution in [0.4, 0.5) is 11.9 Å². The first-order chi connectivity index (χ1) is 26.6. The Kier molecular flexibility index (Phi) is 11.5. The Morgan fingerprint density at radius 1 is 0.927 bits per heavy atom. The number of hydrogen-bond acceptors (Lipinski definition) is 13. The SMILES string of the molecule is COc1cccc(Cc2cn(C)nc2-c2cc(Cl)nc(NC3CN(CCOC(=O)c4c(Cc5ccccc5)c(-c5cc(Cl)nc(N)n5)nn4C)CCO3)n2)c1. The van der Waals surface area contributed by atoms with Gasteiger partial charge >= 0.3 is 5.97 Å². The number of morpholine rings is 1. The molecule has 1 fully saturated rings. The number of carbonyl (C=O) groups excluding carboxylic acids is 1. The van der Waals surface area contributed by atoms with E-state index in [-0.39, 0.29) is 22.9 Å². The van der Waals surface area contributed by atoms with Gasteiger partial charge in [-0.3, -0.25) is 14.3 Å². The second-order valence-corrected chi connectivity index (χ2v) is 13.7. The first kappa shape index (κ1) is 37.7. The van der Waals surface area contributed by atoms with Gasteiger partial charge in [-0.05, 0) is 23.3 Å². The maximum Gasteiger partial charge on any atom is 0.356 e. The lowest BCUT2D eigenvalue weighted by molar-refractivity contribution is -0.0207. The third kappa shape index (κ3) is 9.20. The largest absolute Gasteiger partial charge is 0.497 e. The molecule has 1 unspecified atom stereocenters. The standard InChI is InChI=1S/C38H39Cl2N11O4/c1-49-21-25(16-24-10-7-11-26(17-24)53-3)33(47-49)28-19-31(40)45-38(43-28)46-32-22-51(12-14-54-32)13-15-55-36(52)35-27(18-23-8-5-4-6-9-23)34(48-50(35)2)29-20-30(39)44-37(41)42-29/h4-11,17,19-21,32H,12-16,18,22H2,1-3H3,(H2,41,42,44)(H,43,45,46). The number of nitrogens with two attached hydrogens (primary N) is 1. The van der Waals surface area contributed by atoms with E-state index >= 15 is 0 Å². The van der Waals surface area contributed by atoms with Crippen LogP contribution in [0.15, 0.2) is 72.9 Å². The van der Waals surface area contributed by atoms with E-state index in [2.05, 4.69) is 30.3 Å². The number of methoxy groups -OCH3 is 1. The van der Waals surface area contributed by atoms with Gasteiger partial charge in [0.15, 0.2) is 0 Å². The average molecular weight is 785 g/mol. The van der Waals surface area contributed by atoms with E-state index < -0.39 is 12.2 Å². The highest BCUT2D eigenvalue weighted by molar-refractivity contribution is 6.30. The molecule has 4 aromatic heterocycles. The molecule has 1 aliphatic heterocycles. The highest BCUT2D eigenvalue weighted by Crippen LogP contribution is 2.30. The van der Waals surface area contributed by atoms with Crippen LogP contribution in [0.2, 0.25) is 10.3 Å². The molecule has 284 valence electrons. The second-order valence-electron chi connectivity index (χ2n) is 12.9. The number of aromatic nitrogens is 8. The van der Waals surface area contributed by atoms with Crippen LogP contribution in [-0.4, -0.2) is 96.6 Å². The molecule has 0 radical (unpaired) electrons. The van der Waals surface area contributed by atoms with Crippen molar-refractivity contribution in [2.24, 2.45) is 14.1 Å². The minimum Gasteiger partial charge on any atom is -0.497 e. The van der Waals surface area contributed by atoms with Gasteiger partial charge in [0.1, 0.15) is 46.0 Å². The van der Waals surface area contributed by atoms with Crippen molar-refractivity contribution in [3.8, 4) is 28.5 Å². The number of anilines is 2. The Labute approximate surface area is 327 Å². The summed E-state index contributed by atoms with van der Waals surface area (Å²) in [6, 6.07) is 20.9. The first-order valence-corrected chi connectivity index (χ1v) is 18.3. The number of ether oxygens (including phenoxy) is 3. The lowest BCUT2D eigenvalue weighted by Gasteiger charge is -2.33. The number of aryl methyl sites for hydroxylation is 2. The van der Waals surface area contributed by atoms with Crippen LogP contribution in [0.3, 0.4) is 0 Å². The van der Waals surface area contributed by atoms with E-state index in [1.165, 1.54) is 4.68 Å². The smallest absolute Gasteiger partial charge is 0.356 e. The molecule has 7 rings (SSSR count). The fourth-order valence-corrected chi connectivity index (χ4v) is 6.89. The van der Waals surface area contributed by atoms with Crippen LogP contribution < -0.4 is 15.8 Å².